The minimum atomic E-state index is -4.34. The first-order valence-corrected chi connectivity index (χ1v) is 6.54. The van der Waals surface area contributed by atoms with Crippen LogP contribution in [0.2, 0.25) is 0 Å². The lowest BCUT2D eigenvalue weighted by molar-refractivity contribution is 0.578. The Bertz CT molecular complexity index is 852. The average Bonchev–Trinajstić information content (AvgIpc) is 2.27. The van der Waals surface area contributed by atoms with Crippen LogP contribution in [0.3, 0.4) is 0 Å². The molecule has 0 unspecified atom stereocenters. The lowest BCUT2D eigenvalue weighted by atomic mass is 10.2. The summed E-state index contributed by atoms with van der Waals surface area (Å²) in [7, 11) is -4.34. The van der Waals surface area contributed by atoms with Crippen molar-refractivity contribution >= 4 is 10.0 Å². The van der Waals surface area contributed by atoms with E-state index in [1.807, 2.05) is 0 Å². The molecule has 0 saturated carbocycles. The van der Waals surface area contributed by atoms with Crippen LogP contribution in [0.5, 0.6) is 0 Å². The van der Waals surface area contributed by atoms with Crippen LogP contribution in [-0.4, -0.2) is 22.4 Å². The zero-order chi connectivity index (χ0) is 14.2. The largest absolute Gasteiger partial charge is 0.348 e. The summed E-state index contributed by atoms with van der Waals surface area (Å²) in [6.07, 6.45) is 0. The molecule has 1 aromatic heterocycles. The predicted octanol–water partition coefficient (Wildman–Crippen LogP) is -1.23. The maximum absolute atomic E-state index is 12.1. The fourth-order valence-corrected chi connectivity index (χ4v) is 2.67. The highest BCUT2D eigenvalue weighted by Gasteiger charge is 2.21. The smallest absolute Gasteiger partial charge is 0.258 e. The van der Waals surface area contributed by atoms with Crippen LogP contribution in [0.15, 0.2) is 43.5 Å². The molecule has 1 aromatic carbocycles. The third-order valence-electron chi connectivity index (χ3n) is 2.37. The van der Waals surface area contributed by atoms with Crippen LogP contribution in [0.25, 0.3) is 0 Å². The molecule has 1 heterocycles. The second-order valence-corrected chi connectivity index (χ2v) is 5.56. The fourth-order valence-electron chi connectivity index (χ4n) is 1.45. The van der Waals surface area contributed by atoms with Crippen LogP contribution < -0.4 is 17.1 Å². The quantitative estimate of drug-likeness (QED) is 0.714. The Balaban J connectivity index is 2.78. The van der Waals surface area contributed by atoms with Crippen molar-refractivity contribution in [1.82, 2.24) is 13.9 Å². The van der Waals surface area contributed by atoms with E-state index in [2.05, 4.69) is 0 Å². The molecular weight excluding hydrogens is 274 g/mol. The standard InChI is InChI=1S/C10H9N3O5S/c1-6-2-4-7(5-3-6)19(17,18)13-9(15)11-8(14)12-10(13)16/h2-5H,1H3,(H2,11,12,14,15,16). The molecule has 19 heavy (non-hydrogen) atoms. The maximum atomic E-state index is 12.1. The number of benzene rings is 1. The second kappa shape index (κ2) is 4.35. The summed E-state index contributed by atoms with van der Waals surface area (Å²) in [4.78, 5) is 36.9. The zero-order valence-corrected chi connectivity index (χ0v) is 10.5. The Labute approximate surface area is 106 Å². The molecule has 0 amide bonds. The van der Waals surface area contributed by atoms with Crippen molar-refractivity contribution in [3.8, 4) is 0 Å². The van der Waals surface area contributed by atoms with Gasteiger partial charge in [-0.3, -0.25) is 9.97 Å². The van der Waals surface area contributed by atoms with E-state index in [-0.39, 0.29) is 8.87 Å². The van der Waals surface area contributed by atoms with Gasteiger partial charge in [0.05, 0.1) is 4.90 Å². The number of hydrogen-bond donors (Lipinski definition) is 2. The Morgan fingerprint density at radius 1 is 0.947 bits per heavy atom. The molecule has 0 bridgehead atoms. The van der Waals surface area contributed by atoms with Crippen molar-refractivity contribution in [1.29, 1.82) is 0 Å². The summed E-state index contributed by atoms with van der Waals surface area (Å²) >= 11 is 0. The first-order chi connectivity index (χ1) is 8.82. The molecule has 9 heteroatoms. The van der Waals surface area contributed by atoms with Gasteiger partial charge in [-0.25, -0.2) is 22.8 Å². The molecule has 2 rings (SSSR count). The van der Waals surface area contributed by atoms with Gasteiger partial charge in [-0.2, -0.15) is 0 Å². The molecule has 0 aliphatic heterocycles. The second-order valence-electron chi connectivity index (χ2n) is 3.77. The van der Waals surface area contributed by atoms with E-state index in [4.69, 9.17) is 0 Å². The van der Waals surface area contributed by atoms with E-state index in [9.17, 15) is 22.8 Å². The van der Waals surface area contributed by atoms with Crippen molar-refractivity contribution in [2.45, 2.75) is 11.8 Å². The minimum absolute atomic E-state index is 0.0287. The van der Waals surface area contributed by atoms with Gasteiger partial charge < -0.3 is 0 Å². The third kappa shape index (κ3) is 2.27. The molecule has 0 spiro atoms. The van der Waals surface area contributed by atoms with E-state index in [0.717, 1.165) is 5.56 Å². The van der Waals surface area contributed by atoms with E-state index < -0.39 is 27.1 Å². The van der Waals surface area contributed by atoms with Crippen molar-refractivity contribution in [3.05, 3.63) is 61.3 Å². The average molecular weight is 283 g/mol. The molecule has 0 atom stereocenters. The van der Waals surface area contributed by atoms with Crippen molar-refractivity contribution in [3.63, 3.8) is 0 Å². The fraction of sp³-hybridized carbons (Fsp3) is 0.100. The van der Waals surface area contributed by atoms with Gasteiger partial charge in [0, 0.05) is 0 Å². The summed E-state index contributed by atoms with van der Waals surface area (Å²) in [6, 6.07) is 5.58. The highest BCUT2D eigenvalue weighted by molar-refractivity contribution is 7.89. The van der Waals surface area contributed by atoms with Crippen molar-refractivity contribution in [2.75, 3.05) is 0 Å². The monoisotopic (exact) mass is 283 g/mol. The first-order valence-electron chi connectivity index (χ1n) is 5.10. The lowest BCUT2D eigenvalue weighted by Gasteiger charge is -2.05. The van der Waals surface area contributed by atoms with Gasteiger partial charge in [0.1, 0.15) is 0 Å². The molecule has 2 N–H and O–H groups in total. The maximum Gasteiger partial charge on any atom is 0.348 e. The number of aromatic nitrogens is 3. The molecule has 8 nitrogen and oxygen atoms in total. The number of hydrogen-bond acceptors (Lipinski definition) is 5. The predicted molar refractivity (Wildman–Crippen MR) is 65.7 cm³/mol. The summed E-state index contributed by atoms with van der Waals surface area (Å²) in [5, 5.41) is 0. The van der Waals surface area contributed by atoms with Crippen molar-refractivity contribution in [2.24, 2.45) is 0 Å². The van der Waals surface area contributed by atoms with Gasteiger partial charge in [0.15, 0.2) is 0 Å². The summed E-state index contributed by atoms with van der Waals surface area (Å²) in [6.45, 7) is 1.76. The highest BCUT2D eigenvalue weighted by atomic mass is 32.2. The minimum Gasteiger partial charge on any atom is -0.258 e. The van der Waals surface area contributed by atoms with Crippen LogP contribution in [0.1, 0.15) is 5.56 Å². The summed E-state index contributed by atoms with van der Waals surface area (Å²) in [5.41, 5.74) is -2.87. The van der Waals surface area contributed by atoms with Gasteiger partial charge in [-0.15, -0.1) is 3.97 Å². The van der Waals surface area contributed by atoms with E-state index >= 15 is 0 Å². The van der Waals surface area contributed by atoms with Crippen LogP contribution in [-0.2, 0) is 10.0 Å². The van der Waals surface area contributed by atoms with Gasteiger partial charge in [0.2, 0.25) is 0 Å². The van der Waals surface area contributed by atoms with Gasteiger partial charge in [-0.1, -0.05) is 17.7 Å². The van der Waals surface area contributed by atoms with E-state index in [0.29, 0.717) is 0 Å². The van der Waals surface area contributed by atoms with Gasteiger partial charge >= 0.3 is 17.1 Å². The van der Waals surface area contributed by atoms with E-state index in [1.54, 1.807) is 16.9 Å². The number of rotatable bonds is 2. The normalized spacial score (nSPS) is 11.4. The lowest BCUT2D eigenvalue weighted by Crippen LogP contribution is -2.46. The van der Waals surface area contributed by atoms with Gasteiger partial charge in [0.25, 0.3) is 10.0 Å². The molecule has 0 fully saturated rings. The molecular formula is C10H9N3O5S. The number of aromatic amines is 2. The summed E-state index contributed by atoms with van der Waals surface area (Å²) < 4.78 is 24.2. The number of H-pyrrole nitrogens is 2. The molecule has 100 valence electrons. The van der Waals surface area contributed by atoms with Crippen LogP contribution >= 0.6 is 0 Å². The number of nitrogens with one attached hydrogen (secondary N) is 2. The Kier molecular flexibility index (Phi) is 2.98. The number of aryl methyl sites for hydroxylation is 1. The molecule has 2 aromatic rings. The zero-order valence-electron chi connectivity index (χ0n) is 9.71. The van der Waals surface area contributed by atoms with Crippen molar-refractivity contribution < 1.29 is 8.42 Å². The molecule has 0 aliphatic carbocycles. The SMILES string of the molecule is Cc1ccc(S(=O)(=O)n2c(=O)[nH]c(=O)[nH]c2=O)cc1. The highest BCUT2D eigenvalue weighted by Crippen LogP contribution is 2.10. The number of nitrogens with zero attached hydrogens (tertiary/aromatic N) is 1. The van der Waals surface area contributed by atoms with Crippen LogP contribution in [0, 0.1) is 6.92 Å². The first kappa shape index (κ1) is 13.0. The Morgan fingerprint density at radius 3 is 1.89 bits per heavy atom. The van der Waals surface area contributed by atoms with Crippen LogP contribution in [0.4, 0.5) is 0 Å². The summed E-state index contributed by atoms with van der Waals surface area (Å²) in [5.74, 6) is 0. The third-order valence-corrected chi connectivity index (χ3v) is 4.05. The Morgan fingerprint density at radius 2 is 1.42 bits per heavy atom. The molecule has 0 radical (unpaired) electrons. The Hall–Kier alpha value is -2.42. The topological polar surface area (TPSA) is 122 Å². The van der Waals surface area contributed by atoms with Gasteiger partial charge in [-0.05, 0) is 19.1 Å². The van der Waals surface area contributed by atoms with E-state index in [1.165, 1.54) is 24.3 Å². The molecule has 0 saturated heterocycles. The molecule has 0 aliphatic rings.